The molecule has 2 aromatic rings. The monoisotopic (exact) mass is 341 g/mol. The van der Waals surface area contributed by atoms with E-state index >= 15 is 0 Å². The Morgan fingerprint density at radius 3 is 2.76 bits per heavy atom. The second-order valence-corrected chi connectivity index (χ2v) is 4.38. The van der Waals surface area contributed by atoms with Crippen molar-refractivity contribution in [2.75, 3.05) is 0 Å². The molecule has 1 aromatic carbocycles. The van der Waals surface area contributed by atoms with Gasteiger partial charge in [0.25, 0.3) is 0 Å². The van der Waals surface area contributed by atoms with E-state index in [-0.39, 0.29) is 5.56 Å². The SMILES string of the molecule is O=C(O)c1ccc(I)c(Oc2ccccn2)c1. The minimum Gasteiger partial charge on any atom is -0.478 e. The lowest BCUT2D eigenvalue weighted by Crippen LogP contribution is -1.98. The molecular weight excluding hydrogens is 333 g/mol. The third-order valence-corrected chi connectivity index (χ3v) is 2.92. The number of ether oxygens (including phenoxy) is 1. The van der Waals surface area contributed by atoms with Crippen molar-refractivity contribution in [2.24, 2.45) is 0 Å². The van der Waals surface area contributed by atoms with Gasteiger partial charge in [-0.15, -0.1) is 0 Å². The van der Waals surface area contributed by atoms with E-state index < -0.39 is 5.97 Å². The summed E-state index contributed by atoms with van der Waals surface area (Å²) in [4.78, 5) is 14.9. The van der Waals surface area contributed by atoms with Crippen molar-refractivity contribution < 1.29 is 14.6 Å². The van der Waals surface area contributed by atoms with E-state index in [1.54, 1.807) is 30.5 Å². The summed E-state index contributed by atoms with van der Waals surface area (Å²) in [6.45, 7) is 0. The van der Waals surface area contributed by atoms with Gasteiger partial charge in [0, 0.05) is 12.3 Å². The van der Waals surface area contributed by atoms with E-state index in [9.17, 15) is 4.79 Å². The first kappa shape index (κ1) is 11.8. The molecule has 0 aliphatic rings. The van der Waals surface area contributed by atoms with Gasteiger partial charge in [0.1, 0.15) is 5.75 Å². The minimum atomic E-state index is -0.979. The smallest absolute Gasteiger partial charge is 0.335 e. The fourth-order valence-corrected chi connectivity index (χ4v) is 1.68. The molecule has 4 nitrogen and oxygen atoms in total. The number of pyridine rings is 1. The number of aromatic nitrogens is 1. The fraction of sp³-hybridized carbons (Fsp3) is 0. The molecule has 1 aromatic heterocycles. The first-order chi connectivity index (χ1) is 8.16. The molecule has 0 aliphatic heterocycles. The summed E-state index contributed by atoms with van der Waals surface area (Å²) >= 11 is 2.08. The Balaban J connectivity index is 2.32. The van der Waals surface area contributed by atoms with E-state index in [2.05, 4.69) is 27.6 Å². The summed E-state index contributed by atoms with van der Waals surface area (Å²) in [5.41, 5.74) is 0.191. The zero-order chi connectivity index (χ0) is 12.3. The molecule has 0 spiro atoms. The largest absolute Gasteiger partial charge is 0.478 e. The number of benzene rings is 1. The van der Waals surface area contributed by atoms with Gasteiger partial charge in [-0.3, -0.25) is 0 Å². The van der Waals surface area contributed by atoms with Crippen LogP contribution in [0, 0.1) is 3.57 Å². The molecule has 2 rings (SSSR count). The van der Waals surface area contributed by atoms with Crippen LogP contribution in [0.15, 0.2) is 42.6 Å². The molecule has 0 saturated heterocycles. The van der Waals surface area contributed by atoms with Crippen molar-refractivity contribution in [3.05, 3.63) is 51.7 Å². The molecule has 1 N–H and O–H groups in total. The highest BCUT2D eigenvalue weighted by Gasteiger charge is 2.08. The van der Waals surface area contributed by atoms with E-state index in [0.29, 0.717) is 11.6 Å². The Labute approximate surface area is 111 Å². The number of rotatable bonds is 3. The third kappa shape index (κ3) is 2.94. The quantitative estimate of drug-likeness (QED) is 0.872. The van der Waals surface area contributed by atoms with Crippen LogP contribution in [0.5, 0.6) is 11.6 Å². The third-order valence-electron chi connectivity index (χ3n) is 2.03. The standard InChI is InChI=1S/C12H8INO3/c13-9-5-4-8(12(15)16)7-10(9)17-11-3-1-2-6-14-11/h1-7H,(H,15,16). The maximum Gasteiger partial charge on any atom is 0.335 e. The van der Waals surface area contributed by atoms with Gasteiger partial charge in [-0.1, -0.05) is 6.07 Å². The molecule has 5 heteroatoms. The molecule has 1 heterocycles. The zero-order valence-corrected chi connectivity index (χ0v) is 10.8. The summed E-state index contributed by atoms with van der Waals surface area (Å²) in [6.07, 6.45) is 1.61. The molecular formula is C12H8INO3. The second kappa shape index (κ2) is 5.13. The Kier molecular flexibility index (Phi) is 3.58. The summed E-state index contributed by atoms with van der Waals surface area (Å²) in [6, 6.07) is 10.0. The Bertz CT molecular complexity index is 543. The molecule has 0 atom stereocenters. The molecule has 0 aliphatic carbocycles. The van der Waals surface area contributed by atoms with Crippen LogP contribution in [0.1, 0.15) is 10.4 Å². The van der Waals surface area contributed by atoms with Gasteiger partial charge < -0.3 is 9.84 Å². The lowest BCUT2D eigenvalue weighted by molar-refractivity contribution is 0.0696. The van der Waals surface area contributed by atoms with Crippen molar-refractivity contribution >= 4 is 28.6 Å². The van der Waals surface area contributed by atoms with Crippen molar-refractivity contribution in [3.8, 4) is 11.6 Å². The van der Waals surface area contributed by atoms with E-state index in [4.69, 9.17) is 9.84 Å². The molecule has 0 bridgehead atoms. The van der Waals surface area contributed by atoms with Gasteiger partial charge in [-0.25, -0.2) is 9.78 Å². The van der Waals surface area contributed by atoms with Gasteiger partial charge in [0.05, 0.1) is 9.13 Å². The average molecular weight is 341 g/mol. The first-order valence-electron chi connectivity index (χ1n) is 4.78. The van der Waals surface area contributed by atoms with Crippen LogP contribution < -0.4 is 4.74 Å². The highest BCUT2D eigenvalue weighted by molar-refractivity contribution is 14.1. The normalized spacial score (nSPS) is 9.94. The summed E-state index contributed by atoms with van der Waals surface area (Å²) in [5.74, 6) is -0.0515. The Hall–Kier alpha value is -1.63. The van der Waals surface area contributed by atoms with Crippen molar-refractivity contribution in [3.63, 3.8) is 0 Å². The van der Waals surface area contributed by atoms with Crippen LogP contribution in [0.2, 0.25) is 0 Å². The van der Waals surface area contributed by atoms with Crippen LogP contribution >= 0.6 is 22.6 Å². The number of hydrogen-bond donors (Lipinski definition) is 1. The summed E-state index contributed by atoms with van der Waals surface area (Å²) in [5, 5.41) is 8.89. The minimum absolute atomic E-state index is 0.191. The first-order valence-corrected chi connectivity index (χ1v) is 5.86. The highest BCUT2D eigenvalue weighted by Crippen LogP contribution is 2.26. The van der Waals surface area contributed by atoms with Gasteiger partial charge in [0.2, 0.25) is 5.88 Å². The van der Waals surface area contributed by atoms with Gasteiger partial charge in [-0.05, 0) is 46.9 Å². The number of nitrogens with zero attached hydrogens (tertiary/aromatic N) is 1. The predicted molar refractivity (Wildman–Crippen MR) is 70.4 cm³/mol. The number of aromatic carboxylic acids is 1. The Morgan fingerprint density at radius 2 is 2.12 bits per heavy atom. The van der Waals surface area contributed by atoms with Gasteiger partial charge >= 0.3 is 5.97 Å². The average Bonchev–Trinajstić information content (AvgIpc) is 2.33. The van der Waals surface area contributed by atoms with Crippen LogP contribution in [-0.4, -0.2) is 16.1 Å². The molecule has 0 unspecified atom stereocenters. The van der Waals surface area contributed by atoms with Gasteiger partial charge in [-0.2, -0.15) is 0 Å². The maximum atomic E-state index is 10.8. The van der Waals surface area contributed by atoms with Gasteiger partial charge in [0.15, 0.2) is 0 Å². The number of hydrogen-bond acceptors (Lipinski definition) is 3. The lowest BCUT2D eigenvalue weighted by Gasteiger charge is -2.07. The number of halogens is 1. The predicted octanol–water partition coefficient (Wildman–Crippen LogP) is 3.18. The van der Waals surface area contributed by atoms with E-state index in [0.717, 1.165) is 3.57 Å². The van der Waals surface area contributed by atoms with E-state index in [1.807, 2.05) is 0 Å². The fourth-order valence-electron chi connectivity index (χ4n) is 1.23. The highest BCUT2D eigenvalue weighted by atomic mass is 127. The van der Waals surface area contributed by atoms with Crippen molar-refractivity contribution in [2.45, 2.75) is 0 Å². The number of carboxylic acids is 1. The number of carboxylic acid groups (broad SMARTS) is 1. The van der Waals surface area contributed by atoms with Crippen molar-refractivity contribution in [1.82, 2.24) is 4.98 Å². The summed E-state index contributed by atoms with van der Waals surface area (Å²) < 4.78 is 6.35. The Morgan fingerprint density at radius 1 is 1.29 bits per heavy atom. The van der Waals surface area contributed by atoms with Crippen LogP contribution in [0.4, 0.5) is 0 Å². The lowest BCUT2D eigenvalue weighted by atomic mass is 10.2. The van der Waals surface area contributed by atoms with Crippen LogP contribution in [-0.2, 0) is 0 Å². The molecule has 0 saturated carbocycles. The van der Waals surface area contributed by atoms with Crippen LogP contribution in [0.3, 0.4) is 0 Å². The maximum absolute atomic E-state index is 10.8. The van der Waals surface area contributed by atoms with E-state index in [1.165, 1.54) is 12.1 Å². The number of carbonyl (C=O) groups is 1. The van der Waals surface area contributed by atoms with Crippen LogP contribution in [0.25, 0.3) is 0 Å². The molecule has 0 fully saturated rings. The molecule has 17 heavy (non-hydrogen) atoms. The second-order valence-electron chi connectivity index (χ2n) is 3.22. The summed E-state index contributed by atoms with van der Waals surface area (Å²) in [7, 11) is 0. The molecule has 0 amide bonds. The molecule has 0 radical (unpaired) electrons. The topological polar surface area (TPSA) is 59.4 Å². The molecule has 86 valence electrons. The van der Waals surface area contributed by atoms with Crippen molar-refractivity contribution in [1.29, 1.82) is 0 Å². The zero-order valence-electron chi connectivity index (χ0n) is 8.63.